The van der Waals surface area contributed by atoms with Gasteiger partial charge in [-0.25, -0.2) is 4.89 Å². The van der Waals surface area contributed by atoms with Crippen LogP contribution in [-0.4, -0.2) is 5.26 Å². The van der Waals surface area contributed by atoms with E-state index in [2.05, 4.69) is 6.92 Å². The van der Waals surface area contributed by atoms with Crippen molar-refractivity contribution in [2.24, 2.45) is 17.8 Å². The summed E-state index contributed by atoms with van der Waals surface area (Å²) in [5.41, 5.74) is -0.577. The van der Waals surface area contributed by atoms with Gasteiger partial charge in [-0.2, -0.15) is 0 Å². The zero-order chi connectivity index (χ0) is 10.5. The minimum Gasteiger partial charge on any atom is -0.466 e. The second-order valence-electron chi connectivity index (χ2n) is 4.92. The summed E-state index contributed by atoms with van der Waals surface area (Å²) in [6.45, 7) is 2.16. The summed E-state index contributed by atoms with van der Waals surface area (Å²) in [6, 6.07) is 3.77. The Kier molecular flexibility index (Phi) is 1.94. The molecule has 1 heterocycles. The SMILES string of the molecule is C[C@H]1[C@@H]2CC[C@@H](C2)[C@@]1(OO)c1ccco1. The Morgan fingerprint density at radius 3 is 2.93 bits per heavy atom. The van der Waals surface area contributed by atoms with Gasteiger partial charge in [0, 0.05) is 0 Å². The third-order valence-electron chi connectivity index (χ3n) is 4.52. The molecule has 2 aliphatic rings. The summed E-state index contributed by atoms with van der Waals surface area (Å²) in [4.78, 5) is 4.90. The van der Waals surface area contributed by atoms with Crippen LogP contribution in [0.3, 0.4) is 0 Å². The highest BCUT2D eigenvalue weighted by atomic mass is 17.1. The van der Waals surface area contributed by atoms with Crippen LogP contribution in [0.2, 0.25) is 0 Å². The van der Waals surface area contributed by atoms with Gasteiger partial charge in [0.15, 0.2) is 5.60 Å². The Bertz CT molecular complexity index is 342. The maximum Gasteiger partial charge on any atom is 0.166 e. The number of hydrogen-bond acceptors (Lipinski definition) is 3. The molecule has 2 fully saturated rings. The highest BCUT2D eigenvalue weighted by molar-refractivity contribution is 5.19. The molecule has 0 aliphatic heterocycles. The quantitative estimate of drug-likeness (QED) is 0.600. The van der Waals surface area contributed by atoms with Crippen molar-refractivity contribution in [3.8, 4) is 0 Å². The largest absolute Gasteiger partial charge is 0.466 e. The van der Waals surface area contributed by atoms with Crippen LogP contribution in [0.5, 0.6) is 0 Å². The molecule has 3 heteroatoms. The highest BCUT2D eigenvalue weighted by Crippen LogP contribution is 2.60. The molecule has 2 aliphatic carbocycles. The molecule has 0 amide bonds. The number of furan rings is 1. The first-order chi connectivity index (χ1) is 7.29. The molecule has 1 N–H and O–H groups in total. The predicted octanol–water partition coefficient (Wildman–Crippen LogP) is 3.03. The normalized spacial score (nSPS) is 43.7. The van der Waals surface area contributed by atoms with Gasteiger partial charge in [0.2, 0.25) is 0 Å². The Morgan fingerprint density at radius 1 is 1.53 bits per heavy atom. The minimum atomic E-state index is -0.577. The van der Waals surface area contributed by atoms with Crippen molar-refractivity contribution in [1.29, 1.82) is 0 Å². The molecule has 0 unspecified atom stereocenters. The van der Waals surface area contributed by atoms with Gasteiger partial charge in [0.05, 0.1) is 6.26 Å². The smallest absolute Gasteiger partial charge is 0.166 e. The molecule has 82 valence electrons. The Morgan fingerprint density at radius 2 is 2.40 bits per heavy atom. The van der Waals surface area contributed by atoms with E-state index in [1.54, 1.807) is 6.26 Å². The fourth-order valence-corrected chi connectivity index (χ4v) is 3.71. The van der Waals surface area contributed by atoms with Crippen molar-refractivity contribution in [1.82, 2.24) is 0 Å². The molecule has 4 atom stereocenters. The van der Waals surface area contributed by atoms with E-state index in [0.717, 1.165) is 18.6 Å². The molecule has 0 saturated heterocycles. The zero-order valence-electron chi connectivity index (χ0n) is 8.85. The van der Waals surface area contributed by atoms with Crippen molar-refractivity contribution in [3.63, 3.8) is 0 Å². The van der Waals surface area contributed by atoms with Gasteiger partial charge in [-0.15, -0.1) is 0 Å². The first-order valence-corrected chi connectivity index (χ1v) is 5.65. The Hall–Kier alpha value is -0.800. The average Bonchev–Trinajstić information content (AvgIpc) is 2.93. The fourth-order valence-electron chi connectivity index (χ4n) is 3.71. The molecule has 2 saturated carbocycles. The summed E-state index contributed by atoms with van der Waals surface area (Å²) in [5, 5.41) is 9.32. The number of hydrogen-bond donors (Lipinski definition) is 1. The summed E-state index contributed by atoms with van der Waals surface area (Å²) >= 11 is 0. The number of fused-ring (bicyclic) bond motifs is 2. The van der Waals surface area contributed by atoms with Crippen LogP contribution in [0.1, 0.15) is 31.9 Å². The average molecular weight is 208 g/mol. The third kappa shape index (κ3) is 1.02. The van der Waals surface area contributed by atoms with E-state index in [1.807, 2.05) is 12.1 Å². The second kappa shape index (κ2) is 3.09. The van der Waals surface area contributed by atoms with Crippen LogP contribution in [0.4, 0.5) is 0 Å². The molecular formula is C12H16O3. The summed E-state index contributed by atoms with van der Waals surface area (Å²) in [7, 11) is 0. The van der Waals surface area contributed by atoms with E-state index in [0.29, 0.717) is 17.8 Å². The maximum absolute atomic E-state index is 9.32. The molecular weight excluding hydrogens is 192 g/mol. The van der Waals surface area contributed by atoms with Gasteiger partial charge in [0.25, 0.3) is 0 Å². The molecule has 1 aromatic heterocycles. The van der Waals surface area contributed by atoms with E-state index in [-0.39, 0.29) is 0 Å². The van der Waals surface area contributed by atoms with E-state index in [4.69, 9.17) is 9.30 Å². The Balaban J connectivity index is 2.06. The second-order valence-corrected chi connectivity index (χ2v) is 4.92. The lowest BCUT2D eigenvalue weighted by atomic mass is 9.75. The zero-order valence-corrected chi connectivity index (χ0v) is 8.85. The van der Waals surface area contributed by atoms with Gasteiger partial charge in [-0.05, 0) is 49.1 Å². The number of rotatable bonds is 2. The molecule has 0 aromatic carbocycles. The van der Waals surface area contributed by atoms with Gasteiger partial charge < -0.3 is 4.42 Å². The van der Waals surface area contributed by atoms with Gasteiger partial charge in [-0.1, -0.05) is 6.92 Å². The van der Waals surface area contributed by atoms with Gasteiger partial charge >= 0.3 is 0 Å². The molecule has 15 heavy (non-hydrogen) atoms. The van der Waals surface area contributed by atoms with Gasteiger partial charge in [0.1, 0.15) is 5.76 Å². The van der Waals surface area contributed by atoms with Crippen LogP contribution in [0, 0.1) is 17.8 Å². The lowest BCUT2D eigenvalue weighted by Gasteiger charge is -2.37. The van der Waals surface area contributed by atoms with Crippen molar-refractivity contribution >= 4 is 0 Å². The maximum atomic E-state index is 9.32. The Labute approximate surface area is 89.0 Å². The monoisotopic (exact) mass is 208 g/mol. The molecule has 2 bridgehead atoms. The summed E-state index contributed by atoms with van der Waals surface area (Å²) in [5.74, 6) is 2.21. The van der Waals surface area contributed by atoms with E-state index < -0.39 is 5.60 Å². The van der Waals surface area contributed by atoms with E-state index >= 15 is 0 Å². The summed E-state index contributed by atoms with van der Waals surface area (Å²) in [6.07, 6.45) is 5.20. The predicted molar refractivity (Wildman–Crippen MR) is 54.1 cm³/mol. The van der Waals surface area contributed by atoms with Crippen LogP contribution in [-0.2, 0) is 10.5 Å². The lowest BCUT2D eigenvalue weighted by Crippen LogP contribution is -2.40. The van der Waals surface area contributed by atoms with Crippen LogP contribution < -0.4 is 0 Å². The third-order valence-corrected chi connectivity index (χ3v) is 4.52. The van der Waals surface area contributed by atoms with Crippen molar-refractivity contribution < 1.29 is 14.6 Å². The summed E-state index contributed by atoms with van der Waals surface area (Å²) < 4.78 is 5.45. The standard InChI is InChI=1S/C12H16O3/c1-8-9-4-5-10(7-9)12(8,15-13)11-3-2-6-14-11/h2-3,6,8-10,13H,4-5,7H2,1H3/t8-,9+,10-,12+/m0/s1. The fraction of sp³-hybridized carbons (Fsp3) is 0.667. The lowest BCUT2D eigenvalue weighted by molar-refractivity contribution is -0.360. The molecule has 0 spiro atoms. The molecule has 0 radical (unpaired) electrons. The minimum absolute atomic E-state index is 0.340. The molecule has 1 aromatic rings. The molecule has 3 rings (SSSR count). The van der Waals surface area contributed by atoms with Gasteiger partial charge in [-0.3, -0.25) is 5.26 Å². The topological polar surface area (TPSA) is 42.6 Å². The van der Waals surface area contributed by atoms with E-state index in [9.17, 15) is 5.26 Å². The first-order valence-electron chi connectivity index (χ1n) is 5.65. The van der Waals surface area contributed by atoms with Crippen molar-refractivity contribution in [2.75, 3.05) is 0 Å². The van der Waals surface area contributed by atoms with E-state index in [1.165, 1.54) is 6.42 Å². The van der Waals surface area contributed by atoms with Crippen molar-refractivity contribution in [2.45, 2.75) is 31.8 Å². The molecule has 3 nitrogen and oxygen atoms in total. The van der Waals surface area contributed by atoms with Crippen LogP contribution in [0.25, 0.3) is 0 Å². The highest BCUT2D eigenvalue weighted by Gasteiger charge is 2.60. The first kappa shape index (κ1) is 9.43. The van der Waals surface area contributed by atoms with Crippen LogP contribution in [0.15, 0.2) is 22.8 Å². The van der Waals surface area contributed by atoms with Crippen LogP contribution >= 0.6 is 0 Å². The van der Waals surface area contributed by atoms with Crippen molar-refractivity contribution in [3.05, 3.63) is 24.2 Å².